The molecule has 27 heavy (non-hydrogen) atoms. The second-order valence-corrected chi connectivity index (χ2v) is 10.5. The average Bonchev–Trinajstić information content (AvgIpc) is 2.90. The van der Waals surface area contributed by atoms with E-state index in [9.17, 15) is 4.79 Å². The van der Waals surface area contributed by atoms with Crippen molar-refractivity contribution < 1.29 is 9.63 Å². The van der Waals surface area contributed by atoms with Crippen molar-refractivity contribution in [1.29, 1.82) is 0 Å². The van der Waals surface area contributed by atoms with E-state index in [1.54, 1.807) is 0 Å². The maximum Gasteiger partial charge on any atom is 0.152 e. The fraction of sp³-hybridized carbons (Fsp3) is 0.826. The molecule has 6 atom stereocenters. The van der Waals surface area contributed by atoms with Crippen molar-refractivity contribution in [2.75, 3.05) is 13.1 Å². The van der Waals surface area contributed by atoms with Gasteiger partial charge in [-0.25, -0.2) is 0 Å². The van der Waals surface area contributed by atoms with Crippen LogP contribution in [0.4, 0.5) is 0 Å². The van der Waals surface area contributed by atoms with Crippen molar-refractivity contribution in [3.05, 3.63) is 12.2 Å². The van der Waals surface area contributed by atoms with E-state index in [4.69, 9.17) is 4.84 Å². The molecule has 0 spiro atoms. The molecule has 148 valence electrons. The molecule has 1 aliphatic heterocycles. The Kier molecular flexibility index (Phi) is 4.09. The van der Waals surface area contributed by atoms with E-state index in [1.807, 2.05) is 0 Å². The monoisotopic (exact) mass is 370 g/mol. The highest BCUT2D eigenvalue weighted by molar-refractivity contribution is 5.87. The third kappa shape index (κ3) is 2.58. The van der Waals surface area contributed by atoms with E-state index in [-0.39, 0.29) is 11.5 Å². The van der Waals surface area contributed by atoms with E-state index in [2.05, 4.69) is 30.9 Å². The number of carbonyl (C=O) groups is 1. The van der Waals surface area contributed by atoms with Gasteiger partial charge in [0.1, 0.15) is 5.78 Å². The molecule has 0 amide bonds. The second-order valence-electron chi connectivity index (χ2n) is 10.5. The molecule has 4 heteroatoms. The number of Topliss-reactive ketones (excluding diaryl/α,β-unsaturated/α-hetero) is 1. The lowest BCUT2D eigenvalue weighted by Gasteiger charge is -2.60. The van der Waals surface area contributed by atoms with Crippen molar-refractivity contribution in [1.82, 2.24) is 5.32 Å². The standard InChI is InChI=1S/C23H34N2O2/c1-14-10-15-11-16(25-27-17-12-24-13-17)6-8-22(15,2)19-7-9-23(3)18(21(14)19)4-5-20(23)26/h15,17-19,21,24H,1,4-13H2,2-3H3/t15-,18-,19-,21-,22-,23-/m0/s1. The number of allylic oxidation sites excluding steroid dienone is 1. The Hall–Kier alpha value is -1.16. The van der Waals surface area contributed by atoms with Crippen LogP contribution < -0.4 is 5.32 Å². The molecule has 0 unspecified atom stereocenters. The molecule has 4 nitrogen and oxygen atoms in total. The Morgan fingerprint density at radius 2 is 1.93 bits per heavy atom. The number of carbonyl (C=O) groups excluding carboxylic acids is 1. The highest BCUT2D eigenvalue weighted by Gasteiger charge is 2.61. The summed E-state index contributed by atoms with van der Waals surface area (Å²) in [6.45, 7) is 11.2. The van der Waals surface area contributed by atoms with E-state index in [0.717, 1.165) is 51.6 Å². The topological polar surface area (TPSA) is 50.7 Å². The molecule has 0 aromatic heterocycles. The minimum absolute atomic E-state index is 0.0702. The Morgan fingerprint density at radius 3 is 2.67 bits per heavy atom. The van der Waals surface area contributed by atoms with Gasteiger partial charge in [0.15, 0.2) is 6.10 Å². The largest absolute Gasteiger partial charge is 0.390 e. The van der Waals surface area contributed by atoms with Gasteiger partial charge in [-0.1, -0.05) is 31.2 Å². The highest BCUT2D eigenvalue weighted by Crippen LogP contribution is 2.66. The summed E-state index contributed by atoms with van der Waals surface area (Å²) in [6, 6.07) is 0. The molecule has 1 saturated heterocycles. The molecule has 0 bridgehead atoms. The molecule has 4 aliphatic carbocycles. The summed E-state index contributed by atoms with van der Waals surface area (Å²) in [5, 5.41) is 7.76. The van der Waals surface area contributed by atoms with Crippen molar-refractivity contribution in [3.63, 3.8) is 0 Å². The Bertz CT molecular complexity index is 696. The highest BCUT2D eigenvalue weighted by atomic mass is 16.6. The van der Waals surface area contributed by atoms with Crippen LogP contribution in [0.1, 0.15) is 65.2 Å². The molecular weight excluding hydrogens is 336 g/mol. The predicted octanol–water partition coefficient (Wildman–Crippen LogP) is 4.11. The van der Waals surface area contributed by atoms with Crippen LogP contribution in [-0.4, -0.2) is 30.7 Å². The Labute approximate surface area is 163 Å². The molecule has 0 aromatic rings. The first-order chi connectivity index (χ1) is 12.9. The first-order valence-electron chi connectivity index (χ1n) is 11.0. The molecular formula is C23H34N2O2. The van der Waals surface area contributed by atoms with Gasteiger partial charge >= 0.3 is 0 Å². The number of nitrogens with one attached hydrogen (secondary N) is 1. The Morgan fingerprint density at radius 1 is 1.11 bits per heavy atom. The lowest BCUT2D eigenvalue weighted by molar-refractivity contribution is -0.133. The lowest BCUT2D eigenvalue weighted by atomic mass is 9.44. The number of hydrogen-bond acceptors (Lipinski definition) is 4. The van der Waals surface area contributed by atoms with Crippen LogP contribution in [0, 0.1) is 34.5 Å². The molecule has 0 aromatic carbocycles. The van der Waals surface area contributed by atoms with Crippen LogP contribution in [0.25, 0.3) is 0 Å². The SMILES string of the molecule is C=C1C[C@H]2CC(=NOC3CNC3)CC[C@]2(C)[C@H]2CC[C@]3(C)C(=O)CC[C@H]3[C@H]12. The van der Waals surface area contributed by atoms with Crippen LogP contribution in [-0.2, 0) is 9.63 Å². The van der Waals surface area contributed by atoms with Crippen LogP contribution in [0.3, 0.4) is 0 Å². The molecule has 4 saturated carbocycles. The van der Waals surface area contributed by atoms with Crippen molar-refractivity contribution >= 4 is 11.5 Å². The summed E-state index contributed by atoms with van der Waals surface area (Å²) in [7, 11) is 0. The normalized spacial score (nSPS) is 48.6. The van der Waals surface area contributed by atoms with Gasteiger partial charge in [0.05, 0.1) is 5.71 Å². The van der Waals surface area contributed by atoms with E-state index in [1.165, 1.54) is 24.1 Å². The van der Waals surface area contributed by atoms with E-state index >= 15 is 0 Å². The van der Waals surface area contributed by atoms with Crippen LogP contribution >= 0.6 is 0 Å². The number of oxime groups is 1. The van der Waals surface area contributed by atoms with Gasteiger partial charge in [0.25, 0.3) is 0 Å². The zero-order valence-corrected chi connectivity index (χ0v) is 16.9. The number of rotatable bonds is 2. The fourth-order valence-corrected chi connectivity index (χ4v) is 7.27. The van der Waals surface area contributed by atoms with Gasteiger partial charge in [-0.15, -0.1) is 0 Å². The van der Waals surface area contributed by atoms with Crippen molar-refractivity contribution in [3.8, 4) is 0 Å². The van der Waals surface area contributed by atoms with Crippen LogP contribution in [0.2, 0.25) is 0 Å². The zero-order valence-electron chi connectivity index (χ0n) is 16.9. The minimum Gasteiger partial charge on any atom is -0.390 e. The van der Waals surface area contributed by atoms with Gasteiger partial charge < -0.3 is 10.2 Å². The molecule has 1 N–H and O–H groups in total. The number of nitrogens with zero attached hydrogens (tertiary/aromatic N) is 1. The van der Waals surface area contributed by atoms with Gasteiger partial charge in [-0.05, 0) is 74.0 Å². The molecule has 0 radical (unpaired) electrons. The van der Waals surface area contributed by atoms with E-state index in [0.29, 0.717) is 34.9 Å². The number of fused-ring (bicyclic) bond motifs is 5. The third-order valence-electron chi connectivity index (χ3n) is 9.25. The predicted molar refractivity (Wildman–Crippen MR) is 106 cm³/mol. The summed E-state index contributed by atoms with van der Waals surface area (Å²) in [6.07, 6.45) is 8.92. The summed E-state index contributed by atoms with van der Waals surface area (Å²) in [4.78, 5) is 18.3. The van der Waals surface area contributed by atoms with Gasteiger partial charge in [0, 0.05) is 24.9 Å². The smallest absolute Gasteiger partial charge is 0.152 e. The lowest BCUT2D eigenvalue weighted by Crippen LogP contribution is -2.54. The van der Waals surface area contributed by atoms with Crippen molar-refractivity contribution in [2.45, 2.75) is 71.3 Å². The summed E-state index contributed by atoms with van der Waals surface area (Å²) >= 11 is 0. The quantitative estimate of drug-likeness (QED) is 0.588. The second kappa shape index (κ2) is 6.17. The average molecular weight is 371 g/mol. The Balaban J connectivity index is 1.37. The maximum absolute atomic E-state index is 12.6. The summed E-state index contributed by atoms with van der Waals surface area (Å²) in [5.74, 6) is 2.96. The van der Waals surface area contributed by atoms with Crippen molar-refractivity contribution in [2.24, 2.45) is 39.7 Å². The van der Waals surface area contributed by atoms with Gasteiger partial charge in [-0.3, -0.25) is 4.79 Å². The zero-order chi connectivity index (χ0) is 18.8. The van der Waals surface area contributed by atoms with Gasteiger partial charge in [-0.2, -0.15) is 0 Å². The molecule has 1 heterocycles. The minimum atomic E-state index is -0.0702. The van der Waals surface area contributed by atoms with Crippen LogP contribution in [0.5, 0.6) is 0 Å². The molecule has 5 aliphatic rings. The van der Waals surface area contributed by atoms with Crippen LogP contribution in [0.15, 0.2) is 17.3 Å². The van der Waals surface area contributed by atoms with E-state index < -0.39 is 0 Å². The first-order valence-corrected chi connectivity index (χ1v) is 11.0. The number of hydrogen-bond donors (Lipinski definition) is 1. The maximum atomic E-state index is 12.6. The summed E-state index contributed by atoms with van der Waals surface area (Å²) < 4.78 is 0. The molecule has 5 fully saturated rings. The number of ketones is 1. The fourth-order valence-electron chi connectivity index (χ4n) is 7.27. The van der Waals surface area contributed by atoms with Gasteiger partial charge in [0.2, 0.25) is 0 Å². The molecule has 5 rings (SSSR count). The first kappa shape index (κ1) is 17.9. The summed E-state index contributed by atoms with van der Waals surface area (Å²) in [5.41, 5.74) is 2.99. The third-order valence-corrected chi connectivity index (χ3v) is 9.25.